The van der Waals surface area contributed by atoms with Crippen LogP contribution in [0, 0.1) is 13.8 Å². The zero-order valence-electron chi connectivity index (χ0n) is 10.6. The zero-order chi connectivity index (χ0) is 13.0. The lowest BCUT2D eigenvalue weighted by Gasteiger charge is -2.08. The number of nitrogens with one attached hydrogen (secondary N) is 1. The van der Waals surface area contributed by atoms with E-state index in [0.29, 0.717) is 0 Å². The molecule has 0 radical (unpaired) electrons. The summed E-state index contributed by atoms with van der Waals surface area (Å²) in [6, 6.07) is 6.18. The Morgan fingerprint density at radius 1 is 1.39 bits per heavy atom. The van der Waals surface area contributed by atoms with Gasteiger partial charge in [-0.25, -0.2) is 4.98 Å². The number of aryl methyl sites for hydroxylation is 1. The van der Waals surface area contributed by atoms with Gasteiger partial charge in [-0.05, 0) is 31.0 Å². The first-order chi connectivity index (χ1) is 8.70. The van der Waals surface area contributed by atoms with Gasteiger partial charge in [0.2, 0.25) is 0 Å². The Balaban J connectivity index is 2.16. The molecule has 0 amide bonds. The van der Waals surface area contributed by atoms with Gasteiger partial charge >= 0.3 is 0 Å². The van der Waals surface area contributed by atoms with Crippen molar-refractivity contribution in [2.75, 3.05) is 12.4 Å². The molecular weight excluding hydrogens is 246 g/mol. The van der Waals surface area contributed by atoms with E-state index >= 15 is 0 Å². The van der Waals surface area contributed by atoms with Gasteiger partial charge in [-0.15, -0.1) is 11.3 Å². The quantitative estimate of drug-likeness (QED) is 0.677. The van der Waals surface area contributed by atoms with E-state index in [-0.39, 0.29) is 0 Å². The smallest absolute Gasteiger partial charge is 0.187 e. The summed E-state index contributed by atoms with van der Waals surface area (Å²) in [6.07, 6.45) is 1.59. The highest BCUT2D eigenvalue weighted by atomic mass is 32.1. The first kappa shape index (κ1) is 12.6. The third-order valence-electron chi connectivity index (χ3n) is 2.66. The van der Waals surface area contributed by atoms with Crippen LogP contribution in [0.2, 0.25) is 0 Å². The van der Waals surface area contributed by atoms with Gasteiger partial charge in [0.15, 0.2) is 5.13 Å². The van der Waals surface area contributed by atoms with Crippen LogP contribution in [0.25, 0.3) is 0 Å². The average molecular weight is 261 g/mol. The van der Waals surface area contributed by atoms with Gasteiger partial charge in [0.05, 0.1) is 11.9 Å². The Kier molecular flexibility index (Phi) is 3.94. The molecule has 4 nitrogen and oxygen atoms in total. The van der Waals surface area contributed by atoms with Crippen LogP contribution in [-0.4, -0.2) is 18.3 Å². The number of hydrogen-bond donors (Lipinski definition) is 1. The minimum atomic E-state index is 0.787. The Bertz CT molecular complexity index is 563. The maximum absolute atomic E-state index is 4.62. The lowest BCUT2D eigenvalue weighted by molar-refractivity contribution is 0.215. The van der Waals surface area contributed by atoms with Crippen molar-refractivity contribution in [3.8, 4) is 0 Å². The van der Waals surface area contributed by atoms with Gasteiger partial charge in [0.1, 0.15) is 7.11 Å². The lowest BCUT2D eigenvalue weighted by atomic mass is 10.1. The highest BCUT2D eigenvalue weighted by Crippen LogP contribution is 2.24. The second-order valence-electron chi connectivity index (χ2n) is 3.87. The van der Waals surface area contributed by atoms with Crippen molar-refractivity contribution in [1.82, 2.24) is 4.98 Å². The summed E-state index contributed by atoms with van der Waals surface area (Å²) in [5.74, 6) is 0. The van der Waals surface area contributed by atoms with E-state index in [2.05, 4.69) is 40.2 Å². The summed E-state index contributed by atoms with van der Waals surface area (Å²) < 4.78 is 0. The van der Waals surface area contributed by atoms with Crippen molar-refractivity contribution < 1.29 is 4.84 Å². The Hall–Kier alpha value is -1.88. The summed E-state index contributed by atoms with van der Waals surface area (Å²) in [7, 11) is 1.51. The fraction of sp³-hybridized carbons (Fsp3) is 0.231. The van der Waals surface area contributed by atoms with Gasteiger partial charge in [-0.1, -0.05) is 17.3 Å². The van der Waals surface area contributed by atoms with Crippen molar-refractivity contribution in [2.45, 2.75) is 13.8 Å². The minimum absolute atomic E-state index is 0.787. The van der Waals surface area contributed by atoms with E-state index in [4.69, 9.17) is 0 Å². The van der Waals surface area contributed by atoms with Crippen molar-refractivity contribution in [3.05, 3.63) is 40.4 Å². The molecule has 0 fully saturated rings. The zero-order valence-corrected chi connectivity index (χ0v) is 11.4. The number of anilines is 2. The molecule has 94 valence electrons. The van der Waals surface area contributed by atoms with E-state index in [0.717, 1.165) is 16.5 Å². The Morgan fingerprint density at radius 3 is 3.00 bits per heavy atom. The second-order valence-corrected chi connectivity index (χ2v) is 4.73. The van der Waals surface area contributed by atoms with E-state index in [1.54, 1.807) is 17.6 Å². The number of rotatable bonds is 4. The van der Waals surface area contributed by atoms with E-state index < -0.39 is 0 Å². The van der Waals surface area contributed by atoms with Crippen LogP contribution in [0.1, 0.15) is 16.8 Å². The van der Waals surface area contributed by atoms with Crippen LogP contribution in [-0.2, 0) is 4.84 Å². The molecule has 0 saturated heterocycles. The molecule has 2 aromatic rings. The fourth-order valence-electron chi connectivity index (χ4n) is 1.51. The van der Waals surface area contributed by atoms with Crippen LogP contribution >= 0.6 is 11.3 Å². The second kappa shape index (κ2) is 5.64. The highest BCUT2D eigenvalue weighted by molar-refractivity contribution is 7.14. The summed E-state index contributed by atoms with van der Waals surface area (Å²) in [5, 5.41) is 9.78. The van der Waals surface area contributed by atoms with Crippen LogP contribution in [0.5, 0.6) is 0 Å². The highest BCUT2D eigenvalue weighted by Gasteiger charge is 2.04. The van der Waals surface area contributed by atoms with Crippen LogP contribution in [0.3, 0.4) is 0 Å². The molecule has 1 heterocycles. The van der Waals surface area contributed by atoms with Gasteiger partial charge < -0.3 is 10.2 Å². The number of nitrogens with zero attached hydrogens (tertiary/aromatic N) is 2. The molecule has 1 aromatic heterocycles. The number of thiazole rings is 1. The lowest BCUT2D eigenvalue weighted by Crippen LogP contribution is -1.94. The standard InChI is InChI=1S/C13H15N3OS/c1-9-5-4-6-12(10(9)2)16-13-15-11(8-18-13)7-14-17-3/h4-8H,1-3H3,(H,15,16)/b14-7+. The summed E-state index contributed by atoms with van der Waals surface area (Å²) in [6.45, 7) is 4.19. The molecule has 18 heavy (non-hydrogen) atoms. The third-order valence-corrected chi connectivity index (χ3v) is 3.43. The van der Waals surface area contributed by atoms with Gasteiger partial charge in [0.25, 0.3) is 0 Å². The van der Waals surface area contributed by atoms with Crippen molar-refractivity contribution in [2.24, 2.45) is 5.16 Å². The average Bonchev–Trinajstić information content (AvgIpc) is 2.80. The summed E-state index contributed by atoms with van der Waals surface area (Å²) in [4.78, 5) is 9.01. The normalized spacial score (nSPS) is 10.8. The third kappa shape index (κ3) is 2.87. The van der Waals surface area contributed by atoms with Crippen LogP contribution in [0.4, 0.5) is 10.8 Å². The molecule has 0 saturated carbocycles. The Labute approximate surface area is 110 Å². The van der Waals surface area contributed by atoms with Gasteiger partial charge in [-0.2, -0.15) is 0 Å². The molecule has 1 aromatic carbocycles. The maximum Gasteiger partial charge on any atom is 0.187 e. The molecule has 5 heteroatoms. The minimum Gasteiger partial charge on any atom is -0.399 e. The van der Waals surface area contributed by atoms with Gasteiger partial charge in [0, 0.05) is 11.1 Å². The molecule has 0 spiro atoms. The van der Waals surface area contributed by atoms with Gasteiger partial charge in [-0.3, -0.25) is 0 Å². The SMILES string of the molecule is CO/N=C/c1csc(Nc2cccc(C)c2C)n1. The first-order valence-corrected chi connectivity index (χ1v) is 6.44. The molecule has 1 N–H and O–H groups in total. The van der Waals surface area contributed by atoms with Crippen LogP contribution in [0.15, 0.2) is 28.7 Å². The van der Waals surface area contributed by atoms with E-state index in [1.165, 1.54) is 18.2 Å². The summed E-state index contributed by atoms with van der Waals surface area (Å²) in [5.41, 5.74) is 4.37. The van der Waals surface area contributed by atoms with Crippen LogP contribution < -0.4 is 5.32 Å². The predicted octanol–water partition coefficient (Wildman–Crippen LogP) is 3.48. The summed E-state index contributed by atoms with van der Waals surface area (Å²) >= 11 is 1.54. The molecule has 0 bridgehead atoms. The Morgan fingerprint density at radius 2 is 2.22 bits per heavy atom. The van der Waals surface area contributed by atoms with Crippen molar-refractivity contribution in [3.63, 3.8) is 0 Å². The molecule has 2 rings (SSSR count). The van der Waals surface area contributed by atoms with Crippen molar-refractivity contribution in [1.29, 1.82) is 0 Å². The predicted molar refractivity (Wildman–Crippen MR) is 75.9 cm³/mol. The van der Waals surface area contributed by atoms with Crippen molar-refractivity contribution >= 4 is 28.4 Å². The number of benzene rings is 1. The fourth-order valence-corrected chi connectivity index (χ4v) is 2.18. The largest absolute Gasteiger partial charge is 0.399 e. The molecule has 0 unspecified atom stereocenters. The first-order valence-electron chi connectivity index (χ1n) is 5.56. The molecule has 0 aliphatic carbocycles. The monoisotopic (exact) mass is 261 g/mol. The number of oxime groups is 1. The maximum atomic E-state index is 4.62. The van der Waals surface area contributed by atoms with E-state index in [1.807, 2.05) is 17.5 Å². The van der Waals surface area contributed by atoms with E-state index in [9.17, 15) is 0 Å². The molecule has 0 aliphatic heterocycles. The molecular formula is C13H15N3OS. The topological polar surface area (TPSA) is 46.5 Å². The molecule has 0 atom stereocenters. The molecule has 0 aliphatic rings. The number of aromatic nitrogens is 1. The number of hydrogen-bond acceptors (Lipinski definition) is 5.